The molecule has 80 valence electrons. The van der Waals surface area contributed by atoms with Crippen molar-refractivity contribution in [2.45, 2.75) is 6.18 Å². The van der Waals surface area contributed by atoms with Crippen molar-refractivity contribution in [2.24, 2.45) is 0 Å². The van der Waals surface area contributed by atoms with Gasteiger partial charge in [-0.05, 0) is 24.3 Å². The second-order valence-electron chi connectivity index (χ2n) is 2.73. The molecule has 15 heavy (non-hydrogen) atoms. The van der Waals surface area contributed by atoms with Crippen LogP contribution in [0.5, 0.6) is 0 Å². The number of benzene rings is 1. The molecular formula is C10H6F4O. The molecule has 0 N–H and O–H groups in total. The summed E-state index contributed by atoms with van der Waals surface area (Å²) in [5.41, 5.74) is -1.11. The first kappa shape index (κ1) is 11.4. The van der Waals surface area contributed by atoms with Gasteiger partial charge in [0.2, 0.25) is 0 Å². The van der Waals surface area contributed by atoms with Gasteiger partial charge in [-0.3, -0.25) is 4.79 Å². The lowest BCUT2D eigenvalue weighted by atomic mass is 10.1. The van der Waals surface area contributed by atoms with Crippen LogP contribution in [0.15, 0.2) is 24.3 Å². The Morgan fingerprint density at radius 3 is 2.33 bits per heavy atom. The van der Waals surface area contributed by atoms with Gasteiger partial charge in [0.15, 0.2) is 0 Å². The van der Waals surface area contributed by atoms with E-state index in [1.807, 2.05) is 0 Å². The SMILES string of the molecule is O=C/C=C/c1ccc(C(F)(F)F)cc1F. The fraction of sp³-hybridized carbons (Fsp3) is 0.100. The minimum Gasteiger partial charge on any atom is -0.299 e. The number of alkyl halides is 3. The van der Waals surface area contributed by atoms with E-state index in [1.165, 1.54) is 0 Å². The van der Waals surface area contributed by atoms with Crippen LogP contribution in [-0.4, -0.2) is 6.29 Å². The molecule has 0 bridgehead atoms. The second kappa shape index (κ2) is 4.25. The minimum absolute atomic E-state index is 0.0601. The normalized spacial score (nSPS) is 12.0. The van der Waals surface area contributed by atoms with Gasteiger partial charge in [-0.2, -0.15) is 13.2 Å². The van der Waals surface area contributed by atoms with Gasteiger partial charge < -0.3 is 0 Å². The number of allylic oxidation sites excluding steroid dienone is 1. The van der Waals surface area contributed by atoms with Crippen molar-refractivity contribution in [1.29, 1.82) is 0 Å². The average Bonchev–Trinajstić information content (AvgIpc) is 2.14. The maximum atomic E-state index is 13.0. The van der Waals surface area contributed by atoms with E-state index in [9.17, 15) is 22.4 Å². The molecule has 0 spiro atoms. The Morgan fingerprint density at radius 1 is 1.20 bits per heavy atom. The van der Waals surface area contributed by atoms with Gasteiger partial charge in [0.05, 0.1) is 5.56 Å². The van der Waals surface area contributed by atoms with Crippen LogP contribution in [0.25, 0.3) is 6.08 Å². The summed E-state index contributed by atoms with van der Waals surface area (Å²) in [6.45, 7) is 0. The number of aldehydes is 1. The molecule has 0 saturated heterocycles. The van der Waals surface area contributed by atoms with E-state index in [0.29, 0.717) is 12.4 Å². The molecule has 0 aliphatic rings. The van der Waals surface area contributed by atoms with Crippen LogP contribution < -0.4 is 0 Å². The van der Waals surface area contributed by atoms with E-state index in [0.717, 1.165) is 24.3 Å². The zero-order chi connectivity index (χ0) is 11.5. The fourth-order valence-electron chi connectivity index (χ4n) is 0.982. The molecule has 0 heterocycles. The minimum atomic E-state index is -4.56. The van der Waals surface area contributed by atoms with E-state index in [4.69, 9.17) is 0 Å². The van der Waals surface area contributed by atoms with Crippen molar-refractivity contribution < 1.29 is 22.4 Å². The first-order valence-corrected chi connectivity index (χ1v) is 3.94. The molecule has 0 atom stereocenters. The lowest BCUT2D eigenvalue weighted by Crippen LogP contribution is -2.05. The Morgan fingerprint density at radius 2 is 1.87 bits per heavy atom. The van der Waals surface area contributed by atoms with Gasteiger partial charge in [-0.1, -0.05) is 6.07 Å². The first-order chi connectivity index (χ1) is 6.95. The van der Waals surface area contributed by atoms with Gasteiger partial charge in [-0.25, -0.2) is 4.39 Å². The number of halogens is 4. The van der Waals surface area contributed by atoms with Gasteiger partial charge >= 0.3 is 6.18 Å². The zero-order valence-corrected chi connectivity index (χ0v) is 7.38. The summed E-state index contributed by atoms with van der Waals surface area (Å²) in [6.07, 6.45) is -2.04. The Bertz CT molecular complexity index is 393. The largest absolute Gasteiger partial charge is 0.416 e. The van der Waals surface area contributed by atoms with Gasteiger partial charge in [0, 0.05) is 5.56 Å². The molecule has 1 nitrogen and oxygen atoms in total. The van der Waals surface area contributed by atoms with Crippen molar-refractivity contribution >= 4 is 12.4 Å². The summed E-state index contributed by atoms with van der Waals surface area (Å²) >= 11 is 0. The highest BCUT2D eigenvalue weighted by atomic mass is 19.4. The molecule has 0 fully saturated rings. The first-order valence-electron chi connectivity index (χ1n) is 3.94. The molecule has 5 heteroatoms. The third-order valence-corrected chi connectivity index (χ3v) is 1.68. The molecule has 0 unspecified atom stereocenters. The van der Waals surface area contributed by atoms with Crippen LogP contribution in [0.1, 0.15) is 11.1 Å². The lowest BCUT2D eigenvalue weighted by Gasteiger charge is -2.06. The smallest absolute Gasteiger partial charge is 0.299 e. The summed E-state index contributed by atoms with van der Waals surface area (Å²) in [4.78, 5) is 9.93. The van der Waals surface area contributed by atoms with Crippen LogP contribution in [0.3, 0.4) is 0 Å². The van der Waals surface area contributed by atoms with E-state index < -0.39 is 17.6 Å². The monoisotopic (exact) mass is 218 g/mol. The van der Waals surface area contributed by atoms with Crippen molar-refractivity contribution in [3.8, 4) is 0 Å². The second-order valence-corrected chi connectivity index (χ2v) is 2.73. The molecule has 0 aromatic heterocycles. The van der Waals surface area contributed by atoms with Crippen molar-refractivity contribution in [3.63, 3.8) is 0 Å². The van der Waals surface area contributed by atoms with E-state index in [1.54, 1.807) is 0 Å². The Hall–Kier alpha value is -1.65. The Balaban J connectivity index is 3.09. The quantitative estimate of drug-likeness (QED) is 0.423. The topological polar surface area (TPSA) is 17.1 Å². The molecule has 0 aliphatic carbocycles. The van der Waals surface area contributed by atoms with Crippen molar-refractivity contribution in [3.05, 3.63) is 41.2 Å². The van der Waals surface area contributed by atoms with Crippen LogP contribution in [-0.2, 0) is 11.0 Å². The highest BCUT2D eigenvalue weighted by molar-refractivity contribution is 5.73. The fourth-order valence-corrected chi connectivity index (χ4v) is 0.982. The van der Waals surface area contributed by atoms with Gasteiger partial charge in [0.25, 0.3) is 0 Å². The van der Waals surface area contributed by atoms with Crippen molar-refractivity contribution in [1.82, 2.24) is 0 Å². The third kappa shape index (κ3) is 2.90. The molecule has 1 aromatic carbocycles. The highest BCUT2D eigenvalue weighted by Gasteiger charge is 2.30. The molecule has 1 rings (SSSR count). The number of hydrogen-bond acceptors (Lipinski definition) is 1. The highest BCUT2D eigenvalue weighted by Crippen LogP contribution is 2.30. The molecule has 0 amide bonds. The van der Waals surface area contributed by atoms with Crippen LogP contribution in [0, 0.1) is 5.82 Å². The molecule has 0 radical (unpaired) electrons. The molecular weight excluding hydrogens is 212 g/mol. The number of carbonyl (C=O) groups is 1. The third-order valence-electron chi connectivity index (χ3n) is 1.68. The van der Waals surface area contributed by atoms with E-state index >= 15 is 0 Å². The maximum absolute atomic E-state index is 13.0. The number of carbonyl (C=O) groups excluding carboxylic acids is 1. The van der Waals surface area contributed by atoms with Gasteiger partial charge in [-0.15, -0.1) is 0 Å². The summed E-state index contributed by atoms with van der Waals surface area (Å²) in [6, 6.07) is 2.12. The van der Waals surface area contributed by atoms with Crippen LogP contribution in [0.4, 0.5) is 17.6 Å². The molecule has 0 aliphatic heterocycles. The predicted molar refractivity (Wildman–Crippen MR) is 46.5 cm³/mol. The molecule has 0 saturated carbocycles. The maximum Gasteiger partial charge on any atom is 0.416 e. The van der Waals surface area contributed by atoms with Crippen LogP contribution in [0.2, 0.25) is 0 Å². The van der Waals surface area contributed by atoms with Gasteiger partial charge in [0.1, 0.15) is 12.1 Å². The predicted octanol–water partition coefficient (Wildman–Crippen LogP) is 3.06. The van der Waals surface area contributed by atoms with E-state index in [2.05, 4.69) is 0 Å². The lowest BCUT2D eigenvalue weighted by molar-refractivity contribution is -0.137. The standard InChI is InChI=1S/C10H6F4O/c11-9-6-8(10(12,13)14)4-3-7(9)2-1-5-15/h1-6H/b2-1+. The van der Waals surface area contributed by atoms with E-state index in [-0.39, 0.29) is 5.56 Å². The van der Waals surface area contributed by atoms with Crippen LogP contribution >= 0.6 is 0 Å². The van der Waals surface area contributed by atoms with Crippen molar-refractivity contribution in [2.75, 3.05) is 0 Å². The number of rotatable bonds is 2. The summed E-state index contributed by atoms with van der Waals surface area (Å²) < 4.78 is 49.4. The average molecular weight is 218 g/mol. The number of hydrogen-bond donors (Lipinski definition) is 0. The molecule has 1 aromatic rings. The summed E-state index contributed by atoms with van der Waals surface area (Å²) in [5.74, 6) is -1.01. The Labute approximate surface area is 83.0 Å². The Kier molecular flexibility index (Phi) is 3.24. The summed E-state index contributed by atoms with van der Waals surface area (Å²) in [7, 11) is 0. The zero-order valence-electron chi connectivity index (χ0n) is 7.38. The summed E-state index contributed by atoms with van der Waals surface area (Å²) in [5, 5.41) is 0.